The zero-order valence-corrected chi connectivity index (χ0v) is 15.4. The van der Waals surface area contributed by atoms with E-state index in [0.717, 1.165) is 18.3 Å². The Balaban J connectivity index is 1.65. The maximum atomic E-state index is 11.8. The van der Waals surface area contributed by atoms with Crippen LogP contribution >= 0.6 is 0 Å². The highest BCUT2D eigenvalue weighted by atomic mass is 16.3. The van der Waals surface area contributed by atoms with Crippen molar-refractivity contribution in [3.8, 4) is 0 Å². The molecule has 24 heavy (non-hydrogen) atoms. The van der Waals surface area contributed by atoms with Crippen molar-refractivity contribution >= 4 is 5.78 Å². The fraction of sp³-hybridized carbons (Fsp3) is 0.773. The molecule has 0 aromatic rings. The molecule has 4 rings (SSSR count). The zero-order chi connectivity index (χ0) is 17.1. The molecule has 0 unspecified atom stereocenters. The molecule has 4 aliphatic rings. The van der Waals surface area contributed by atoms with E-state index in [1.54, 1.807) is 0 Å². The Bertz CT molecular complexity index is 603. The molecule has 0 radical (unpaired) electrons. The van der Waals surface area contributed by atoms with Gasteiger partial charge in [0, 0.05) is 12.0 Å². The molecule has 132 valence electrons. The van der Waals surface area contributed by atoms with Gasteiger partial charge in [-0.15, -0.1) is 0 Å². The van der Waals surface area contributed by atoms with Crippen LogP contribution in [0.5, 0.6) is 0 Å². The van der Waals surface area contributed by atoms with Gasteiger partial charge >= 0.3 is 0 Å². The van der Waals surface area contributed by atoms with E-state index in [9.17, 15) is 9.90 Å². The molecule has 3 fully saturated rings. The molecule has 2 heteroatoms. The molecule has 2 nitrogen and oxygen atoms in total. The maximum absolute atomic E-state index is 11.8. The van der Waals surface area contributed by atoms with E-state index in [0.29, 0.717) is 29.8 Å². The van der Waals surface area contributed by atoms with Crippen LogP contribution in [-0.2, 0) is 4.79 Å². The van der Waals surface area contributed by atoms with Gasteiger partial charge in [0.05, 0.1) is 0 Å². The van der Waals surface area contributed by atoms with Crippen LogP contribution in [0.1, 0.15) is 59.3 Å². The Morgan fingerprint density at radius 2 is 2.00 bits per heavy atom. The Morgan fingerprint density at radius 3 is 2.75 bits per heavy atom. The Morgan fingerprint density at radius 1 is 1.21 bits per heavy atom. The summed E-state index contributed by atoms with van der Waals surface area (Å²) in [5, 5.41) is 9.70. The third-order valence-corrected chi connectivity index (χ3v) is 8.60. The van der Waals surface area contributed by atoms with Crippen LogP contribution in [0, 0.1) is 40.4 Å². The first-order valence-electron chi connectivity index (χ1n) is 9.95. The molecule has 0 aliphatic heterocycles. The number of carbonyl (C=O) groups excluding carboxylic acids is 1. The van der Waals surface area contributed by atoms with Gasteiger partial charge in [0.1, 0.15) is 0 Å². The fourth-order valence-corrected chi connectivity index (χ4v) is 7.30. The molecule has 0 bridgehead atoms. The van der Waals surface area contributed by atoms with Gasteiger partial charge in [0.25, 0.3) is 0 Å². The third kappa shape index (κ3) is 2.14. The highest BCUT2D eigenvalue weighted by Crippen LogP contribution is 2.66. The van der Waals surface area contributed by atoms with E-state index in [1.165, 1.54) is 37.7 Å². The van der Waals surface area contributed by atoms with Crippen molar-refractivity contribution in [2.45, 2.75) is 59.3 Å². The molecule has 4 aliphatic carbocycles. The van der Waals surface area contributed by atoms with Gasteiger partial charge in [0.15, 0.2) is 5.78 Å². The fourth-order valence-electron chi connectivity index (χ4n) is 7.30. The second kappa shape index (κ2) is 5.56. The molecule has 1 N–H and O–H groups in total. The first kappa shape index (κ1) is 16.6. The Kier molecular flexibility index (Phi) is 3.84. The van der Waals surface area contributed by atoms with Gasteiger partial charge in [-0.3, -0.25) is 4.79 Å². The summed E-state index contributed by atoms with van der Waals surface area (Å²) in [6.45, 7) is 7.47. The molecular weight excluding hydrogens is 296 g/mol. The first-order valence-corrected chi connectivity index (χ1v) is 9.95. The predicted molar refractivity (Wildman–Crippen MR) is 96.4 cm³/mol. The van der Waals surface area contributed by atoms with Gasteiger partial charge in [0.2, 0.25) is 0 Å². The molecule has 0 saturated heterocycles. The summed E-state index contributed by atoms with van der Waals surface area (Å²) < 4.78 is 0. The van der Waals surface area contributed by atoms with E-state index in [2.05, 4.69) is 26.8 Å². The number of aliphatic hydroxyl groups is 1. The quantitative estimate of drug-likeness (QED) is 0.808. The van der Waals surface area contributed by atoms with Crippen molar-refractivity contribution in [3.63, 3.8) is 0 Å². The molecule has 0 aromatic carbocycles. The third-order valence-electron chi connectivity index (χ3n) is 8.60. The number of allylic oxidation sites excluding steroid dienone is 4. The lowest BCUT2D eigenvalue weighted by Gasteiger charge is -2.57. The average Bonchev–Trinajstić information content (AvgIpc) is 2.92. The van der Waals surface area contributed by atoms with E-state index in [-0.39, 0.29) is 11.2 Å². The minimum absolute atomic E-state index is 0.110. The van der Waals surface area contributed by atoms with E-state index < -0.39 is 0 Å². The van der Waals surface area contributed by atoms with Crippen molar-refractivity contribution in [2.75, 3.05) is 6.61 Å². The summed E-state index contributed by atoms with van der Waals surface area (Å²) in [4.78, 5) is 11.8. The minimum Gasteiger partial charge on any atom is -0.396 e. The number of hydrogen-bond acceptors (Lipinski definition) is 2. The number of fused-ring (bicyclic) bond motifs is 5. The standard InChI is InChI=1S/C22H32O2/c1-14(13-23)18-6-7-19-17-5-4-15-12-16(24)8-10-21(15,2)20(17)9-11-22(18,19)3/h8,10,12,14,17-20,23H,4-7,9,11,13H2,1-3H3/t14-,17-,18+,19-,20-,21+,22+/m1/s1. The second-order valence-electron chi connectivity index (χ2n) is 9.49. The number of ketones is 1. The molecule has 7 atom stereocenters. The van der Waals surface area contributed by atoms with E-state index in [1.807, 2.05) is 12.2 Å². The molecule has 0 heterocycles. The monoisotopic (exact) mass is 328 g/mol. The summed E-state index contributed by atoms with van der Waals surface area (Å²) in [6.07, 6.45) is 13.5. The van der Waals surface area contributed by atoms with Crippen molar-refractivity contribution < 1.29 is 9.90 Å². The minimum atomic E-state index is 0.110. The Labute approximate surface area is 146 Å². The normalized spacial score (nSPS) is 48.3. The molecule has 0 aromatic heterocycles. The molecule has 0 spiro atoms. The van der Waals surface area contributed by atoms with Crippen molar-refractivity contribution in [3.05, 3.63) is 23.8 Å². The van der Waals surface area contributed by atoms with Crippen LogP contribution in [0.2, 0.25) is 0 Å². The lowest BCUT2D eigenvalue weighted by Crippen LogP contribution is -2.50. The summed E-state index contributed by atoms with van der Waals surface area (Å²) in [6, 6.07) is 0. The zero-order valence-electron chi connectivity index (χ0n) is 15.4. The van der Waals surface area contributed by atoms with Crippen LogP contribution in [0.15, 0.2) is 23.8 Å². The van der Waals surface area contributed by atoms with Gasteiger partial charge in [-0.05, 0) is 85.7 Å². The molecule has 3 saturated carbocycles. The van der Waals surface area contributed by atoms with Crippen LogP contribution in [0.25, 0.3) is 0 Å². The number of rotatable bonds is 2. The van der Waals surface area contributed by atoms with Gasteiger partial charge in [-0.25, -0.2) is 0 Å². The maximum Gasteiger partial charge on any atom is 0.178 e. The average molecular weight is 328 g/mol. The van der Waals surface area contributed by atoms with Crippen LogP contribution in [0.4, 0.5) is 0 Å². The van der Waals surface area contributed by atoms with Crippen molar-refractivity contribution in [2.24, 2.45) is 40.4 Å². The van der Waals surface area contributed by atoms with Crippen LogP contribution < -0.4 is 0 Å². The topological polar surface area (TPSA) is 37.3 Å². The van der Waals surface area contributed by atoms with Gasteiger partial charge < -0.3 is 5.11 Å². The van der Waals surface area contributed by atoms with E-state index in [4.69, 9.17) is 0 Å². The predicted octanol–water partition coefficient (Wildman–Crippen LogP) is 4.54. The largest absolute Gasteiger partial charge is 0.396 e. The van der Waals surface area contributed by atoms with E-state index >= 15 is 0 Å². The van der Waals surface area contributed by atoms with Crippen LogP contribution in [0.3, 0.4) is 0 Å². The number of aliphatic hydroxyl groups excluding tert-OH is 1. The van der Waals surface area contributed by atoms with Gasteiger partial charge in [-0.1, -0.05) is 32.4 Å². The van der Waals surface area contributed by atoms with Crippen molar-refractivity contribution in [1.82, 2.24) is 0 Å². The van der Waals surface area contributed by atoms with Crippen molar-refractivity contribution in [1.29, 1.82) is 0 Å². The summed E-state index contributed by atoms with van der Waals surface area (Å²) in [7, 11) is 0. The lowest BCUT2D eigenvalue weighted by molar-refractivity contribution is -0.111. The van der Waals surface area contributed by atoms with Crippen LogP contribution in [-0.4, -0.2) is 17.5 Å². The summed E-state index contributed by atoms with van der Waals surface area (Å²) >= 11 is 0. The molecular formula is C22H32O2. The SMILES string of the molecule is C[C@H](CO)[C@@H]1CC[C@@H]2[C@H]3CCC4=CC(=O)C=C[C@]4(C)[C@@H]3CC[C@]21C. The molecule has 0 amide bonds. The lowest BCUT2D eigenvalue weighted by atomic mass is 9.47. The first-order chi connectivity index (χ1) is 11.4. The summed E-state index contributed by atoms with van der Waals surface area (Å²) in [5.74, 6) is 3.58. The number of carbonyl (C=O) groups is 1. The smallest absolute Gasteiger partial charge is 0.178 e. The second-order valence-corrected chi connectivity index (χ2v) is 9.49. The number of hydrogen-bond donors (Lipinski definition) is 1. The Hall–Kier alpha value is -0.890. The highest BCUT2D eigenvalue weighted by molar-refractivity contribution is 6.01. The summed E-state index contributed by atoms with van der Waals surface area (Å²) in [5.41, 5.74) is 1.91. The van der Waals surface area contributed by atoms with Gasteiger partial charge in [-0.2, -0.15) is 0 Å². The highest BCUT2D eigenvalue weighted by Gasteiger charge is 2.58.